The van der Waals surface area contributed by atoms with Gasteiger partial charge in [0.25, 0.3) is 5.69 Å². The topological polar surface area (TPSA) is 137 Å². The van der Waals surface area contributed by atoms with Gasteiger partial charge in [-0.25, -0.2) is 9.59 Å². The number of hydrogen-bond acceptors (Lipinski definition) is 7. The van der Waals surface area contributed by atoms with E-state index in [0.29, 0.717) is 5.56 Å². The van der Waals surface area contributed by atoms with Crippen LogP contribution >= 0.6 is 0 Å². The summed E-state index contributed by atoms with van der Waals surface area (Å²) in [6.07, 6.45) is -0.601. The van der Waals surface area contributed by atoms with Crippen molar-refractivity contribution in [1.29, 1.82) is 0 Å². The van der Waals surface area contributed by atoms with Crippen LogP contribution in [0.5, 0.6) is 0 Å². The van der Waals surface area contributed by atoms with Crippen LogP contribution in [-0.4, -0.2) is 42.1 Å². The number of nitrogens with one attached hydrogen (secondary N) is 2. The highest BCUT2D eigenvalue weighted by Crippen LogP contribution is 2.14. The van der Waals surface area contributed by atoms with Crippen molar-refractivity contribution in [1.82, 2.24) is 10.6 Å². The van der Waals surface area contributed by atoms with Crippen LogP contribution in [-0.2, 0) is 38.5 Å². The number of non-ortho nitro benzene ring substituents is 1. The number of nitro benzene ring substituents is 1. The van der Waals surface area contributed by atoms with Crippen LogP contribution in [0.1, 0.15) is 16.7 Å². The zero-order valence-electron chi connectivity index (χ0n) is 20.2. The molecule has 0 aromatic heterocycles. The molecule has 0 saturated heterocycles. The molecule has 0 aliphatic heterocycles. The Morgan fingerprint density at radius 1 is 0.784 bits per heavy atom. The normalized spacial score (nSPS) is 12.0. The Bertz CT molecular complexity index is 1200. The van der Waals surface area contributed by atoms with Crippen LogP contribution < -0.4 is 10.6 Å². The zero-order valence-corrected chi connectivity index (χ0v) is 20.2. The summed E-state index contributed by atoms with van der Waals surface area (Å²) in [5.41, 5.74) is 2.06. The van der Waals surface area contributed by atoms with Crippen LogP contribution in [0.25, 0.3) is 0 Å². The van der Waals surface area contributed by atoms with Gasteiger partial charge in [-0.05, 0) is 16.7 Å². The van der Waals surface area contributed by atoms with E-state index in [1.54, 1.807) is 12.1 Å². The molecule has 0 aliphatic rings. The van der Waals surface area contributed by atoms with E-state index in [0.717, 1.165) is 11.1 Å². The van der Waals surface area contributed by atoms with Crippen LogP contribution in [0.3, 0.4) is 0 Å². The van der Waals surface area contributed by atoms with Gasteiger partial charge in [-0.2, -0.15) is 0 Å². The molecule has 0 bridgehead atoms. The highest BCUT2D eigenvalue weighted by molar-refractivity contribution is 5.90. The lowest BCUT2D eigenvalue weighted by Crippen LogP contribution is -2.53. The predicted molar refractivity (Wildman–Crippen MR) is 134 cm³/mol. The average Bonchev–Trinajstić information content (AvgIpc) is 2.92. The van der Waals surface area contributed by atoms with Gasteiger partial charge in [0, 0.05) is 25.0 Å². The van der Waals surface area contributed by atoms with Crippen LogP contribution in [0.2, 0.25) is 0 Å². The van der Waals surface area contributed by atoms with Gasteiger partial charge >= 0.3 is 12.1 Å². The number of benzene rings is 3. The molecule has 2 atom stereocenters. The smallest absolute Gasteiger partial charge is 0.408 e. The fourth-order valence-corrected chi connectivity index (χ4v) is 3.56. The minimum Gasteiger partial charge on any atom is -0.467 e. The number of amides is 2. The molecule has 10 nitrogen and oxygen atoms in total. The first-order chi connectivity index (χ1) is 17.9. The molecular weight excluding hydrogens is 478 g/mol. The monoisotopic (exact) mass is 505 g/mol. The maximum atomic E-state index is 13.2. The molecule has 192 valence electrons. The molecule has 0 radical (unpaired) electrons. The Hall–Kier alpha value is -4.73. The first-order valence-electron chi connectivity index (χ1n) is 11.5. The quantitative estimate of drug-likeness (QED) is 0.232. The van der Waals surface area contributed by atoms with Crippen LogP contribution in [0, 0.1) is 10.1 Å². The Balaban J connectivity index is 1.72. The maximum Gasteiger partial charge on any atom is 0.408 e. The van der Waals surface area contributed by atoms with Gasteiger partial charge in [-0.3, -0.25) is 14.9 Å². The first-order valence-corrected chi connectivity index (χ1v) is 11.5. The van der Waals surface area contributed by atoms with Gasteiger partial charge in [0.05, 0.1) is 12.0 Å². The highest BCUT2D eigenvalue weighted by atomic mass is 16.6. The second kappa shape index (κ2) is 13.4. The third-order valence-corrected chi connectivity index (χ3v) is 5.49. The SMILES string of the molecule is COC(=O)[C@H](Cc1ccc([N+](=O)[O-])cc1)NC(=O)[C@@H](Cc1ccccc1)NC(=O)OCc1ccccc1. The molecule has 0 fully saturated rings. The molecule has 0 saturated carbocycles. The van der Waals surface area contributed by atoms with Crippen molar-refractivity contribution < 1.29 is 28.8 Å². The van der Waals surface area contributed by atoms with Gasteiger partial charge in [-0.1, -0.05) is 72.8 Å². The molecule has 10 heteroatoms. The van der Waals surface area contributed by atoms with Gasteiger partial charge in [0.2, 0.25) is 5.91 Å². The number of esters is 1. The summed E-state index contributed by atoms with van der Waals surface area (Å²) in [4.78, 5) is 48.6. The highest BCUT2D eigenvalue weighted by Gasteiger charge is 2.28. The maximum absolute atomic E-state index is 13.2. The molecule has 37 heavy (non-hydrogen) atoms. The van der Waals surface area contributed by atoms with Crippen molar-refractivity contribution in [2.24, 2.45) is 0 Å². The van der Waals surface area contributed by atoms with Crippen molar-refractivity contribution in [3.63, 3.8) is 0 Å². The molecule has 2 N–H and O–H groups in total. The van der Waals surface area contributed by atoms with Gasteiger partial charge in [-0.15, -0.1) is 0 Å². The molecule has 0 aliphatic carbocycles. The lowest BCUT2D eigenvalue weighted by Gasteiger charge is -2.22. The fourth-order valence-electron chi connectivity index (χ4n) is 3.56. The number of nitrogens with zero attached hydrogens (tertiary/aromatic N) is 1. The lowest BCUT2D eigenvalue weighted by atomic mass is 10.0. The largest absolute Gasteiger partial charge is 0.467 e. The van der Waals surface area contributed by atoms with E-state index in [4.69, 9.17) is 9.47 Å². The van der Waals surface area contributed by atoms with E-state index in [-0.39, 0.29) is 25.1 Å². The number of carbonyl (C=O) groups is 3. The number of rotatable bonds is 11. The molecule has 0 unspecified atom stereocenters. The summed E-state index contributed by atoms with van der Waals surface area (Å²) < 4.78 is 10.1. The number of ether oxygens (including phenoxy) is 2. The number of methoxy groups -OCH3 is 1. The predicted octanol–water partition coefficient (Wildman–Crippen LogP) is 3.33. The summed E-state index contributed by atoms with van der Waals surface area (Å²) in [5, 5.41) is 16.1. The fraction of sp³-hybridized carbons (Fsp3) is 0.222. The third kappa shape index (κ3) is 8.46. The second-order valence-corrected chi connectivity index (χ2v) is 8.16. The summed E-state index contributed by atoms with van der Waals surface area (Å²) in [5.74, 6) is -1.31. The molecule has 3 aromatic rings. The summed E-state index contributed by atoms with van der Waals surface area (Å²) >= 11 is 0. The summed E-state index contributed by atoms with van der Waals surface area (Å²) in [6, 6.07) is 21.7. The zero-order chi connectivity index (χ0) is 26.6. The van der Waals surface area contributed by atoms with Crippen molar-refractivity contribution in [3.05, 3.63) is 112 Å². The van der Waals surface area contributed by atoms with E-state index < -0.39 is 35.0 Å². The minimum absolute atomic E-state index is 0.0251. The summed E-state index contributed by atoms with van der Waals surface area (Å²) in [7, 11) is 1.19. The lowest BCUT2D eigenvalue weighted by molar-refractivity contribution is -0.384. The average molecular weight is 506 g/mol. The molecule has 0 spiro atoms. The van der Waals surface area contributed by atoms with E-state index >= 15 is 0 Å². The molecule has 3 rings (SSSR count). The minimum atomic E-state index is -1.08. The molecule has 0 heterocycles. The van der Waals surface area contributed by atoms with E-state index in [1.807, 2.05) is 48.5 Å². The van der Waals surface area contributed by atoms with Crippen molar-refractivity contribution >= 4 is 23.7 Å². The second-order valence-electron chi connectivity index (χ2n) is 8.16. The number of hydrogen-bond donors (Lipinski definition) is 2. The number of alkyl carbamates (subject to hydrolysis) is 1. The van der Waals surface area contributed by atoms with Gasteiger partial charge in [0.1, 0.15) is 18.7 Å². The third-order valence-electron chi connectivity index (χ3n) is 5.49. The Morgan fingerprint density at radius 3 is 1.89 bits per heavy atom. The van der Waals surface area contributed by atoms with Crippen molar-refractivity contribution in [3.8, 4) is 0 Å². The van der Waals surface area contributed by atoms with Gasteiger partial charge < -0.3 is 20.1 Å². The molecular formula is C27H27N3O7. The molecule has 3 aromatic carbocycles. The standard InChI is InChI=1S/C27H27N3O7/c1-36-26(32)24(17-20-12-14-22(15-13-20)30(34)35)28-25(31)23(16-19-8-4-2-5-9-19)29-27(33)37-18-21-10-6-3-7-11-21/h2-15,23-24H,16-18H2,1H3,(H,28,31)(H,29,33)/t23-,24+/m1/s1. The number of carbonyl (C=O) groups excluding carboxylic acids is 3. The number of nitro groups is 1. The Labute approximate surface area is 213 Å². The summed E-state index contributed by atoms with van der Waals surface area (Å²) in [6.45, 7) is 0.0251. The Kier molecular flexibility index (Phi) is 9.72. The van der Waals surface area contributed by atoms with Crippen molar-refractivity contribution in [2.75, 3.05) is 7.11 Å². The van der Waals surface area contributed by atoms with E-state index in [1.165, 1.54) is 31.4 Å². The first kappa shape index (κ1) is 26.9. The van der Waals surface area contributed by atoms with Crippen molar-refractivity contribution in [2.45, 2.75) is 31.5 Å². The van der Waals surface area contributed by atoms with Crippen LogP contribution in [0.15, 0.2) is 84.9 Å². The van der Waals surface area contributed by atoms with E-state index in [9.17, 15) is 24.5 Å². The molecule has 2 amide bonds. The van der Waals surface area contributed by atoms with Crippen LogP contribution in [0.4, 0.5) is 10.5 Å². The van der Waals surface area contributed by atoms with E-state index in [2.05, 4.69) is 10.6 Å². The Morgan fingerprint density at radius 2 is 1.32 bits per heavy atom. The van der Waals surface area contributed by atoms with Gasteiger partial charge in [0.15, 0.2) is 0 Å².